The summed E-state index contributed by atoms with van der Waals surface area (Å²) in [4.78, 5) is 14.4. The quantitative estimate of drug-likeness (QED) is 0.761. The number of hydrogen-bond donors (Lipinski definition) is 1. The van der Waals surface area contributed by atoms with Crippen LogP contribution in [-0.2, 0) is 4.79 Å². The molecule has 19 heavy (non-hydrogen) atoms. The van der Waals surface area contributed by atoms with Crippen molar-refractivity contribution < 1.29 is 22.4 Å². The van der Waals surface area contributed by atoms with Crippen molar-refractivity contribution in [3.63, 3.8) is 0 Å². The van der Waals surface area contributed by atoms with Gasteiger partial charge in [-0.05, 0) is 6.42 Å². The van der Waals surface area contributed by atoms with Crippen molar-refractivity contribution in [1.82, 2.24) is 15.1 Å². The molecule has 1 atom stereocenters. The van der Waals surface area contributed by atoms with Gasteiger partial charge in [-0.15, -0.1) is 0 Å². The highest BCUT2D eigenvalue weighted by molar-refractivity contribution is 5.84. The average molecular weight is 283 g/mol. The molecule has 2 rings (SSSR count). The lowest BCUT2D eigenvalue weighted by Gasteiger charge is -2.32. The zero-order valence-corrected chi connectivity index (χ0v) is 10.4. The van der Waals surface area contributed by atoms with E-state index in [2.05, 4.69) is 10.2 Å². The second-order valence-electron chi connectivity index (χ2n) is 4.90. The molecule has 110 valence electrons. The fourth-order valence-corrected chi connectivity index (χ4v) is 2.58. The van der Waals surface area contributed by atoms with Crippen LogP contribution in [0, 0.1) is 0 Å². The lowest BCUT2D eigenvalue weighted by atomic mass is 10.2. The number of carbonyl (C=O) groups is 1. The summed E-state index contributed by atoms with van der Waals surface area (Å²) < 4.78 is 50.3. The molecule has 0 aromatic rings. The van der Waals surface area contributed by atoms with Crippen LogP contribution in [0.25, 0.3) is 0 Å². The van der Waals surface area contributed by atoms with Gasteiger partial charge in [-0.25, -0.2) is 8.78 Å². The van der Waals surface area contributed by atoms with E-state index in [1.165, 1.54) is 0 Å². The van der Waals surface area contributed by atoms with Crippen LogP contribution < -0.4 is 5.32 Å². The first-order valence-electron chi connectivity index (χ1n) is 6.33. The van der Waals surface area contributed by atoms with E-state index in [-0.39, 0.29) is 19.1 Å². The van der Waals surface area contributed by atoms with E-state index < -0.39 is 18.3 Å². The Morgan fingerprint density at radius 3 is 2.42 bits per heavy atom. The summed E-state index contributed by atoms with van der Waals surface area (Å²) >= 11 is 0. The van der Waals surface area contributed by atoms with E-state index in [0.29, 0.717) is 6.42 Å². The molecule has 2 aliphatic rings. The Morgan fingerprint density at radius 2 is 1.84 bits per heavy atom. The smallest absolute Gasteiger partial charge is 0.336 e. The molecule has 0 radical (unpaired) electrons. The van der Waals surface area contributed by atoms with Crippen LogP contribution in [0.1, 0.15) is 6.42 Å². The van der Waals surface area contributed by atoms with Gasteiger partial charge >= 0.3 is 12.3 Å². The maximum atomic E-state index is 13.0. The van der Waals surface area contributed by atoms with E-state index in [0.717, 1.165) is 31.1 Å². The number of rotatable bonds is 3. The van der Waals surface area contributed by atoms with Gasteiger partial charge in [-0.3, -0.25) is 9.69 Å². The van der Waals surface area contributed by atoms with E-state index >= 15 is 0 Å². The number of halogens is 4. The lowest BCUT2D eigenvalue weighted by Crippen LogP contribution is -2.51. The summed E-state index contributed by atoms with van der Waals surface area (Å²) in [5.41, 5.74) is 0. The third-order valence-electron chi connectivity index (χ3n) is 3.68. The maximum absolute atomic E-state index is 13.0. The molecule has 0 aliphatic carbocycles. The molecule has 2 heterocycles. The Hall–Kier alpha value is -0.890. The van der Waals surface area contributed by atoms with Crippen molar-refractivity contribution in [3.8, 4) is 0 Å². The Kier molecular flexibility index (Phi) is 4.29. The molecule has 0 spiro atoms. The summed E-state index contributed by atoms with van der Waals surface area (Å²) in [5.74, 6) is -6.32. The summed E-state index contributed by atoms with van der Waals surface area (Å²) in [6, 6.07) is -0.000442. The van der Waals surface area contributed by atoms with Crippen molar-refractivity contribution in [2.45, 2.75) is 24.8 Å². The molecule has 2 aliphatic heterocycles. The highest BCUT2D eigenvalue weighted by Crippen LogP contribution is 2.28. The minimum Gasteiger partial charge on any atom is -0.336 e. The van der Waals surface area contributed by atoms with Crippen molar-refractivity contribution in [2.24, 2.45) is 0 Å². The molecule has 2 fully saturated rings. The van der Waals surface area contributed by atoms with Crippen molar-refractivity contribution in [2.75, 3.05) is 39.3 Å². The van der Waals surface area contributed by atoms with Crippen LogP contribution in [0.4, 0.5) is 17.6 Å². The standard InChI is InChI=1S/C11H17F4N3O/c12-9(13)11(14,15)10(19)18-4-1-8(7-18)17-5-2-16-3-6-17/h8-9,16H,1-7H2. The molecular weight excluding hydrogens is 266 g/mol. The van der Waals surface area contributed by atoms with Crippen LogP contribution in [0.3, 0.4) is 0 Å². The summed E-state index contributed by atoms with van der Waals surface area (Å²) in [5, 5.41) is 3.17. The van der Waals surface area contributed by atoms with Crippen molar-refractivity contribution in [1.29, 1.82) is 0 Å². The van der Waals surface area contributed by atoms with Crippen LogP contribution in [0.2, 0.25) is 0 Å². The van der Waals surface area contributed by atoms with Crippen LogP contribution in [0.15, 0.2) is 0 Å². The van der Waals surface area contributed by atoms with Crippen molar-refractivity contribution >= 4 is 5.91 Å². The van der Waals surface area contributed by atoms with Gasteiger partial charge in [0, 0.05) is 45.3 Å². The van der Waals surface area contributed by atoms with Gasteiger partial charge in [0.15, 0.2) is 0 Å². The summed E-state index contributed by atoms with van der Waals surface area (Å²) in [6.07, 6.45) is -3.39. The minimum absolute atomic E-state index is 0.000442. The molecule has 2 saturated heterocycles. The Labute approximate surface area is 108 Å². The average Bonchev–Trinajstić information content (AvgIpc) is 2.88. The van der Waals surface area contributed by atoms with Gasteiger partial charge in [-0.1, -0.05) is 0 Å². The molecule has 0 saturated carbocycles. The molecule has 1 amide bonds. The Balaban J connectivity index is 1.92. The molecule has 0 aromatic carbocycles. The third-order valence-corrected chi connectivity index (χ3v) is 3.68. The molecule has 0 bridgehead atoms. The van der Waals surface area contributed by atoms with Gasteiger partial charge in [0.1, 0.15) is 0 Å². The number of amides is 1. The Bertz CT molecular complexity index is 334. The van der Waals surface area contributed by atoms with Crippen LogP contribution >= 0.6 is 0 Å². The monoisotopic (exact) mass is 283 g/mol. The zero-order valence-electron chi connectivity index (χ0n) is 10.4. The number of alkyl halides is 4. The fourth-order valence-electron chi connectivity index (χ4n) is 2.58. The SMILES string of the molecule is O=C(N1CCC(N2CCNCC2)C1)C(F)(F)C(F)F. The topological polar surface area (TPSA) is 35.6 Å². The van der Waals surface area contributed by atoms with Gasteiger partial charge in [0.2, 0.25) is 0 Å². The van der Waals surface area contributed by atoms with E-state index in [9.17, 15) is 22.4 Å². The van der Waals surface area contributed by atoms with E-state index in [4.69, 9.17) is 0 Å². The first-order chi connectivity index (χ1) is 8.93. The van der Waals surface area contributed by atoms with Gasteiger partial charge in [-0.2, -0.15) is 8.78 Å². The zero-order chi connectivity index (χ0) is 14.0. The van der Waals surface area contributed by atoms with Crippen molar-refractivity contribution in [3.05, 3.63) is 0 Å². The molecule has 1 unspecified atom stereocenters. The highest BCUT2D eigenvalue weighted by Gasteiger charge is 2.52. The lowest BCUT2D eigenvalue weighted by molar-refractivity contribution is -0.179. The summed E-state index contributed by atoms with van der Waals surface area (Å²) in [7, 11) is 0. The van der Waals surface area contributed by atoms with Gasteiger partial charge in [0.05, 0.1) is 0 Å². The molecule has 1 N–H and O–H groups in total. The van der Waals surface area contributed by atoms with E-state index in [1.807, 2.05) is 0 Å². The summed E-state index contributed by atoms with van der Waals surface area (Å²) in [6.45, 7) is 3.45. The second kappa shape index (κ2) is 5.62. The number of likely N-dealkylation sites (tertiary alicyclic amines) is 1. The van der Waals surface area contributed by atoms with Crippen LogP contribution in [0.5, 0.6) is 0 Å². The van der Waals surface area contributed by atoms with E-state index in [1.54, 1.807) is 0 Å². The molecule has 0 aromatic heterocycles. The number of piperazine rings is 1. The predicted octanol–water partition coefficient (Wildman–Crippen LogP) is 0.393. The highest BCUT2D eigenvalue weighted by atomic mass is 19.3. The predicted molar refractivity (Wildman–Crippen MR) is 60.4 cm³/mol. The van der Waals surface area contributed by atoms with Gasteiger partial charge < -0.3 is 10.2 Å². The second-order valence-corrected chi connectivity index (χ2v) is 4.90. The first-order valence-corrected chi connectivity index (χ1v) is 6.33. The molecular formula is C11H17F4N3O. The number of carbonyl (C=O) groups excluding carboxylic acids is 1. The largest absolute Gasteiger partial charge is 0.383 e. The number of nitrogens with zero attached hydrogens (tertiary/aromatic N) is 2. The molecule has 4 nitrogen and oxygen atoms in total. The number of hydrogen-bond acceptors (Lipinski definition) is 3. The third kappa shape index (κ3) is 3.00. The minimum atomic E-state index is -4.57. The first kappa shape index (κ1) is 14.5. The fraction of sp³-hybridized carbons (Fsp3) is 0.909. The molecule has 8 heteroatoms. The number of nitrogens with one attached hydrogen (secondary N) is 1. The van der Waals surface area contributed by atoms with Crippen LogP contribution in [-0.4, -0.2) is 73.4 Å². The van der Waals surface area contributed by atoms with Gasteiger partial charge in [0.25, 0.3) is 5.91 Å². The normalized spacial score (nSPS) is 26.2. The maximum Gasteiger partial charge on any atom is 0.383 e. The Morgan fingerprint density at radius 1 is 1.21 bits per heavy atom.